The van der Waals surface area contributed by atoms with Crippen LogP contribution in [0.5, 0.6) is 0 Å². The van der Waals surface area contributed by atoms with Gasteiger partial charge in [0.1, 0.15) is 0 Å². The molecule has 15 rings (SSSR count). The first-order valence-corrected chi connectivity index (χ1v) is 30.4. The van der Waals surface area contributed by atoms with Gasteiger partial charge in [-0.3, -0.25) is 0 Å². The molecule has 4 heteroatoms. The molecule has 12 aromatic carbocycles. The summed E-state index contributed by atoms with van der Waals surface area (Å²) in [6.45, 7) is 0. The highest BCUT2D eigenvalue weighted by Crippen LogP contribution is 2.43. The first kappa shape index (κ1) is 44.2. The van der Waals surface area contributed by atoms with Crippen molar-refractivity contribution in [1.29, 1.82) is 0 Å². The molecule has 1 aliphatic heterocycles. The molecule has 14 aromatic rings. The largest absolute Gasteiger partial charge is 0.309 e. The number of rotatable bonds is 9. The van der Waals surface area contributed by atoms with Gasteiger partial charge in [-0.05, 0) is 112 Å². The zero-order valence-corrected chi connectivity index (χ0v) is 43.8. The molecule has 2 aromatic heterocycles. The van der Waals surface area contributed by atoms with Crippen molar-refractivity contribution in [2.45, 2.75) is 0 Å². The SMILES string of the molecule is c1ccc([Si](c2ccccc2)(c2ccccc2)c2ccc(-n3c4ccccc4c4c(-n5c6ccccc6c6cc(-c7cccc8c7-c7ccccc7[Si]8(c7ccccc7)c7ccccc7)ccc65)cccc43)cc2)cc1. The van der Waals surface area contributed by atoms with Gasteiger partial charge >= 0.3 is 0 Å². The Morgan fingerprint density at radius 2 is 0.750 bits per heavy atom. The van der Waals surface area contributed by atoms with Gasteiger partial charge in [0.15, 0.2) is 16.1 Å². The van der Waals surface area contributed by atoms with Gasteiger partial charge in [0.05, 0.1) is 27.8 Å². The quantitative estimate of drug-likeness (QED) is 0.101. The summed E-state index contributed by atoms with van der Waals surface area (Å²) in [6, 6.07) is 114. The molecule has 0 N–H and O–H groups in total. The highest BCUT2D eigenvalue weighted by Gasteiger charge is 2.49. The summed E-state index contributed by atoms with van der Waals surface area (Å²) in [5, 5.41) is 16.1. The Labute approximate surface area is 444 Å². The molecule has 0 atom stereocenters. The van der Waals surface area contributed by atoms with Crippen LogP contribution in [0.3, 0.4) is 0 Å². The van der Waals surface area contributed by atoms with Gasteiger partial charge in [-0.1, -0.05) is 255 Å². The van der Waals surface area contributed by atoms with E-state index in [1.54, 1.807) is 0 Å². The molecule has 2 nitrogen and oxygen atoms in total. The predicted molar refractivity (Wildman–Crippen MR) is 327 cm³/mol. The van der Waals surface area contributed by atoms with Gasteiger partial charge in [-0.15, -0.1) is 0 Å². The molecule has 1 aliphatic rings. The molecule has 0 unspecified atom stereocenters. The van der Waals surface area contributed by atoms with E-state index in [2.05, 4.69) is 312 Å². The Kier molecular flexibility index (Phi) is 10.3. The lowest BCUT2D eigenvalue weighted by molar-refractivity contribution is 1.17. The lowest BCUT2D eigenvalue weighted by Gasteiger charge is -2.34. The van der Waals surface area contributed by atoms with Crippen molar-refractivity contribution in [1.82, 2.24) is 9.13 Å². The molecule has 0 spiro atoms. The highest BCUT2D eigenvalue weighted by molar-refractivity contribution is 7.22. The first-order valence-electron chi connectivity index (χ1n) is 26.4. The minimum absolute atomic E-state index is 1.14. The first-order chi connectivity index (χ1) is 37.7. The van der Waals surface area contributed by atoms with E-state index < -0.39 is 16.1 Å². The monoisotopic (exact) mass is 998 g/mol. The van der Waals surface area contributed by atoms with Crippen molar-refractivity contribution in [3.05, 3.63) is 303 Å². The van der Waals surface area contributed by atoms with E-state index in [4.69, 9.17) is 0 Å². The van der Waals surface area contributed by atoms with Gasteiger partial charge in [-0.2, -0.15) is 0 Å². The van der Waals surface area contributed by atoms with Crippen LogP contribution in [-0.2, 0) is 0 Å². The number of nitrogens with zero attached hydrogens (tertiary/aromatic N) is 2. The Morgan fingerprint density at radius 1 is 0.289 bits per heavy atom. The van der Waals surface area contributed by atoms with E-state index in [0.717, 1.165) is 5.69 Å². The van der Waals surface area contributed by atoms with Crippen LogP contribution >= 0.6 is 0 Å². The Hall–Kier alpha value is -9.33. The summed E-state index contributed by atoms with van der Waals surface area (Å²) in [5.41, 5.74) is 12.3. The number of hydrogen-bond acceptors (Lipinski definition) is 0. The van der Waals surface area contributed by atoms with Crippen LogP contribution in [-0.4, -0.2) is 25.3 Å². The third-order valence-corrected chi connectivity index (χ3v) is 26.2. The van der Waals surface area contributed by atoms with Gasteiger partial charge < -0.3 is 9.13 Å². The van der Waals surface area contributed by atoms with Gasteiger partial charge in [0.2, 0.25) is 0 Å². The fourth-order valence-electron chi connectivity index (χ4n) is 13.5. The summed E-state index contributed by atoms with van der Waals surface area (Å²) in [4.78, 5) is 0. The van der Waals surface area contributed by atoms with Crippen molar-refractivity contribution >= 4 is 101 Å². The second-order valence-corrected chi connectivity index (χ2v) is 27.8. The zero-order chi connectivity index (χ0) is 50.2. The van der Waals surface area contributed by atoms with Gasteiger partial charge in [-0.25, -0.2) is 0 Å². The van der Waals surface area contributed by atoms with E-state index in [0.29, 0.717) is 0 Å². The highest BCUT2D eigenvalue weighted by atomic mass is 28.3. The fourth-order valence-corrected chi connectivity index (χ4v) is 23.5. The van der Waals surface area contributed by atoms with E-state index in [-0.39, 0.29) is 0 Å². The molecule has 0 radical (unpaired) electrons. The summed E-state index contributed by atoms with van der Waals surface area (Å²) < 4.78 is 4.99. The van der Waals surface area contributed by atoms with E-state index >= 15 is 0 Å². The number of hydrogen-bond donors (Lipinski definition) is 0. The maximum absolute atomic E-state index is 2.71. The molecule has 356 valence electrons. The number of fused-ring (bicyclic) bond motifs is 9. The molecular formula is C72H50N2Si2. The molecule has 0 amide bonds. The van der Waals surface area contributed by atoms with Gasteiger partial charge in [0.25, 0.3) is 0 Å². The van der Waals surface area contributed by atoms with Crippen LogP contribution in [0.15, 0.2) is 303 Å². The lowest BCUT2D eigenvalue weighted by Crippen LogP contribution is -2.74. The second-order valence-electron chi connectivity index (χ2n) is 20.3. The van der Waals surface area contributed by atoms with Crippen molar-refractivity contribution < 1.29 is 0 Å². The summed E-state index contributed by atoms with van der Waals surface area (Å²) in [7, 11) is -5.36. The van der Waals surface area contributed by atoms with Crippen LogP contribution in [0.25, 0.3) is 77.2 Å². The van der Waals surface area contributed by atoms with Crippen molar-refractivity contribution in [2.24, 2.45) is 0 Å². The minimum Gasteiger partial charge on any atom is -0.309 e. The van der Waals surface area contributed by atoms with Gasteiger partial charge in [0, 0.05) is 27.2 Å². The average molecular weight is 999 g/mol. The smallest absolute Gasteiger partial charge is 0.180 e. The summed E-state index contributed by atoms with van der Waals surface area (Å²) in [5.74, 6) is 0. The van der Waals surface area contributed by atoms with Crippen LogP contribution in [0.4, 0.5) is 0 Å². The summed E-state index contributed by atoms with van der Waals surface area (Å²) in [6.07, 6.45) is 0. The van der Waals surface area contributed by atoms with E-state index in [9.17, 15) is 0 Å². The zero-order valence-electron chi connectivity index (χ0n) is 41.8. The topological polar surface area (TPSA) is 9.86 Å². The Morgan fingerprint density at radius 3 is 1.38 bits per heavy atom. The molecule has 3 heterocycles. The number of para-hydroxylation sites is 2. The van der Waals surface area contributed by atoms with E-state index in [1.807, 2.05) is 0 Å². The molecule has 0 bridgehead atoms. The Bertz CT molecular complexity index is 4350. The maximum Gasteiger partial charge on any atom is 0.180 e. The number of aromatic nitrogens is 2. The standard InChI is InChI=1S/C72H50N2Si2/c1-6-24-53(25-7-1)75(54-26-8-2-9-27-54,55-28-10-3-11-29-55)58-47-45-52(46-48-58)73-65-39-20-17-35-61(65)72-67(73)40-23-41-68(72)74-64-38-19-16-34-60(64)63-50-51(44-49-66(63)74)59-37-22-43-70-71(59)62-36-18-21-42-69(62)76(70,56-30-12-4-13-31-56)57-32-14-5-15-33-57/h1-50H. The molecule has 76 heavy (non-hydrogen) atoms. The van der Waals surface area contributed by atoms with Crippen LogP contribution < -0.4 is 41.5 Å². The van der Waals surface area contributed by atoms with Crippen molar-refractivity contribution in [3.63, 3.8) is 0 Å². The second kappa shape index (κ2) is 17.7. The van der Waals surface area contributed by atoms with E-state index in [1.165, 1.54) is 113 Å². The van der Waals surface area contributed by atoms with Crippen LogP contribution in [0.2, 0.25) is 0 Å². The molecular weight excluding hydrogens is 949 g/mol. The third-order valence-electron chi connectivity index (χ3n) is 16.6. The molecule has 0 saturated carbocycles. The average Bonchev–Trinajstić information content (AvgIpc) is 4.29. The summed E-state index contributed by atoms with van der Waals surface area (Å²) >= 11 is 0. The molecule has 0 fully saturated rings. The lowest BCUT2D eigenvalue weighted by atomic mass is 9.94. The van der Waals surface area contributed by atoms with Crippen LogP contribution in [0.1, 0.15) is 0 Å². The van der Waals surface area contributed by atoms with Crippen LogP contribution in [0, 0.1) is 0 Å². The van der Waals surface area contributed by atoms with Crippen molar-refractivity contribution in [3.8, 4) is 33.6 Å². The Balaban J connectivity index is 0.910. The fraction of sp³-hybridized carbons (Fsp3) is 0. The van der Waals surface area contributed by atoms with Crippen molar-refractivity contribution in [2.75, 3.05) is 0 Å². The normalized spacial score (nSPS) is 12.8. The maximum atomic E-state index is 2.52. The minimum atomic E-state index is -2.71. The molecule has 0 saturated heterocycles. The number of benzene rings is 12. The third kappa shape index (κ3) is 6.38. The molecule has 0 aliphatic carbocycles. The predicted octanol–water partition coefficient (Wildman–Crippen LogP) is 12.3.